The van der Waals surface area contributed by atoms with Gasteiger partial charge in [-0.1, -0.05) is 18.2 Å². The van der Waals surface area contributed by atoms with Crippen LogP contribution in [0.1, 0.15) is 10.5 Å². The number of anilines is 3. The lowest BCUT2D eigenvalue weighted by Gasteiger charge is -2.04. The lowest BCUT2D eigenvalue weighted by atomic mass is 10.2. The Hall–Kier alpha value is -3.52. The molecule has 0 unspecified atom stereocenters. The van der Waals surface area contributed by atoms with E-state index >= 15 is 0 Å². The number of nitrogens with zero attached hydrogens (tertiary/aromatic N) is 3. The number of hydrogen-bond acceptors (Lipinski definition) is 6. The van der Waals surface area contributed by atoms with Gasteiger partial charge in [0, 0.05) is 22.3 Å². The molecule has 4 aromatic rings. The molecular formula is C18H14N6OS. The highest BCUT2D eigenvalue weighted by Crippen LogP contribution is 2.20. The maximum atomic E-state index is 12.0. The quantitative estimate of drug-likeness (QED) is 0.500. The van der Waals surface area contributed by atoms with Gasteiger partial charge in [-0.2, -0.15) is 0 Å². The molecule has 0 bridgehead atoms. The van der Waals surface area contributed by atoms with Gasteiger partial charge in [0.25, 0.3) is 5.91 Å². The number of thiazole rings is 1. The molecule has 128 valence electrons. The number of nitrogens with one attached hydrogen (secondary N) is 3. The summed E-state index contributed by atoms with van der Waals surface area (Å²) in [7, 11) is 0. The molecule has 26 heavy (non-hydrogen) atoms. The Labute approximate surface area is 153 Å². The van der Waals surface area contributed by atoms with Crippen molar-refractivity contribution in [2.24, 2.45) is 0 Å². The Bertz CT molecular complexity index is 996. The number of rotatable bonds is 5. The average molecular weight is 362 g/mol. The van der Waals surface area contributed by atoms with E-state index in [-0.39, 0.29) is 5.91 Å². The van der Waals surface area contributed by atoms with Crippen molar-refractivity contribution in [3.8, 4) is 11.4 Å². The Morgan fingerprint density at radius 1 is 0.962 bits per heavy atom. The van der Waals surface area contributed by atoms with Crippen molar-refractivity contribution in [3.63, 3.8) is 0 Å². The smallest absolute Gasteiger partial charge is 0.275 e. The van der Waals surface area contributed by atoms with Crippen LogP contribution in [0.2, 0.25) is 0 Å². The summed E-state index contributed by atoms with van der Waals surface area (Å²) < 4.78 is 0. The molecule has 2 aromatic carbocycles. The van der Waals surface area contributed by atoms with Gasteiger partial charge in [0.1, 0.15) is 5.69 Å². The molecule has 0 fully saturated rings. The van der Waals surface area contributed by atoms with Crippen molar-refractivity contribution >= 4 is 34.6 Å². The van der Waals surface area contributed by atoms with E-state index in [2.05, 4.69) is 30.8 Å². The predicted octanol–water partition coefficient (Wildman–Crippen LogP) is 3.92. The molecular weight excluding hydrogens is 348 g/mol. The number of benzene rings is 2. The fraction of sp³-hybridized carbons (Fsp3) is 0. The molecule has 0 aliphatic carbocycles. The number of para-hydroxylation sites is 1. The standard InChI is InChI=1S/C18H14N6OS/c25-17(15-10-26-11-19-15)20-14-8-6-12(7-9-14)16-22-18(24-23-16)21-13-4-2-1-3-5-13/h1-11H,(H,20,25)(H2,21,22,23,24). The van der Waals surface area contributed by atoms with Crippen molar-refractivity contribution < 1.29 is 4.79 Å². The van der Waals surface area contributed by atoms with Crippen LogP contribution in [0.4, 0.5) is 17.3 Å². The van der Waals surface area contributed by atoms with Crippen LogP contribution in [0.5, 0.6) is 0 Å². The summed E-state index contributed by atoms with van der Waals surface area (Å²) in [5.41, 5.74) is 4.52. The first-order valence-corrected chi connectivity index (χ1v) is 8.77. The van der Waals surface area contributed by atoms with Gasteiger partial charge in [-0.25, -0.2) is 4.98 Å². The predicted molar refractivity (Wildman–Crippen MR) is 102 cm³/mol. The van der Waals surface area contributed by atoms with Crippen LogP contribution >= 0.6 is 11.3 Å². The van der Waals surface area contributed by atoms with Crippen LogP contribution < -0.4 is 10.6 Å². The second kappa shape index (κ2) is 7.16. The third-order valence-corrected chi connectivity index (χ3v) is 4.19. The minimum absolute atomic E-state index is 0.229. The van der Waals surface area contributed by atoms with Gasteiger partial charge in [-0.05, 0) is 36.4 Å². The van der Waals surface area contributed by atoms with E-state index < -0.39 is 0 Å². The third-order valence-electron chi connectivity index (χ3n) is 3.60. The molecule has 0 aliphatic rings. The molecule has 8 heteroatoms. The molecule has 0 radical (unpaired) electrons. The van der Waals surface area contributed by atoms with Gasteiger partial charge >= 0.3 is 0 Å². The van der Waals surface area contributed by atoms with Gasteiger partial charge < -0.3 is 15.6 Å². The zero-order valence-electron chi connectivity index (χ0n) is 13.5. The summed E-state index contributed by atoms with van der Waals surface area (Å²) in [6.07, 6.45) is 0. The summed E-state index contributed by atoms with van der Waals surface area (Å²) in [5, 5.41) is 15.9. The highest BCUT2D eigenvalue weighted by atomic mass is 32.1. The molecule has 3 N–H and O–H groups in total. The number of carbonyl (C=O) groups is 1. The van der Waals surface area contributed by atoms with Crippen molar-refractivity contribution in [1.29, 1.82) is 0 Å². The molecule has 0 aliphatic heterocycles. The van der Waals surface area contributed by atoms with E-state index in [0.29, 0.717) is 23.2 Å². The van der Waals surface area contributed by atoms with E-state index in [9.17, 15) is 4.79 Å². The monoisotopic (exact) mass is 362 g/mol. The Morgan fingerprint density at radius 3 is 2.50 bits per heavy atom. The van der Waals surface area contributed by atoms with E-state index in [1.54, 1.807) is 10.9 Å². The zero-order valence-corrected chi connectivity index (χ0v) is 14.3. The van der Waals surface area contributed by atoms with E-state index in [1.807, 2.05) is 54.6 Å². The Balaban J connectivity index is 1.44. The van der Waals surface area contributed by atoms with Crippen LogP contribution in [0.3, 0.4) is 0 Å². The minimum Gasteiger partial charge on any atom is -0.324 e. The lowest BCUT2D eigenvalue weighted by molar-refractivity contribution is 0.102. The second-order valence-electron chi connectivity index (χ2n) is 5.42. The van der Waals surface area contributed by atoms with Crippen LogP contribution in [0.15, 0.2) is 65.5 Å². The Morgan fingerprint density at radius 2 is 1.77 bits per heavy atom. The first kappa shape index (κ1) is 16.0. The molecule has 2 heterocycles. The summed E-state index contributed by atoms with van der Waals surface area (Å²) in [5.74, 6) is 0.973. The summed E-state index contributed by atoms with van der Waals surface area (Å²) in [4.78, 5) is 19.1. The second-order valence-corrected chi connectivity index (χ2v) is 6.14. The minimum atomic E-state index is -0.229. The number of H-pyrrole nitrogens is 1. The molecule has 4 rings (SSSR count). The molecule has 0 saturated carbocycles. The van der Waals surface area contributed by atoms with E-state index in [1.165, 1.54) is 11.3 Å². The first-order chi connectivity index (χ1) is 12.8. The molecule has 2 aromatic heterocycles. The maximum absolute atomic E-state index is 12.0. The molecule has 0 atom stereocenters. The lowest BCUT2D eigenvalue weighted by Crippen LogP contribution is -2.11. The van der Waals surface area contributed by atoms with E-state index in [0.717, 1.165) is 11.3 Å². The van der Waals surface area contributed by atoms with Crippen LogP contribution in [0.25, 0.3) is 11.4 Å². The van der Waals surface area contributed by atoms with Crippen LogP contribution in [-0.2, 0) is 0 Å². The fourth-order valence-corrected chi connectivity index (χ4v) is 2.87. The van der Waals surface area contributed by atoms with Crippen molar-refractivity contribution in [2.45, 2.75) is 0 Å². The maximum Gasteiger partial charge on any atom is 0.275 e. The molecule has 1 amide bonds. The third kappa shape index (κ3) is 3.60. The SMILES string of the molecule is O=C(Nc1ccc(-c2nnc(Nc3ccccc3)[nH]2)cc1)c1cscn1. The average Bonchev–Trinajstić information content (AvgIpc) is 3.35. The van der Waals surface area contributed by atoms with Gasteiger partial charge in [-0.3, -0.25) is 4.79 Å². The van der Waals surface area contributed by atoms with Crippen molar-refractivity contribution in [1.82, 2.24) is 20.2 Å². The topological polar surface area (TPSA) is 95.6 Å². The van der Waals surface area contributed by atoms with Crippen LogP contribution in [0, 0.1) is 0 Å². The number of aromatic amines is 1. The van der Waals surface area contributed by atoms with E-state index in [4.69, 9.17) is 0 Å². The summed E-state index contributed by atoms with van der Waals surface area (Å²) >= 11 is 1.38. The van der Waals surface area contributed by atoms with Gasteiger partial charge in [0.2, 0.25) is 5.95 Å². The molecule has 7 nitrogen and oxygen atoms in total. The largest absolute Gasteiger partial charge is 0.324 e. The number of aromatic nitrogens is 4. The molecule has 0 spiro atoms. The highest BCUT2D eigenvalue weighted by Gasteiger charge is 2.09. The molecule has 0 saturated heterocycles. The summed E-state index contributed by atoms with van der Waals surface area (Å²) in [6, 6.07) is 17.1. The number of carbonyl (C=O) groups excluding carboxylic acids is 1. The van der Waals surface area contributed by atoms with Crippen LogP contribution in [-0.4, -0.2) is 26.1 Å². The summed E-state index contributed by atoms with van der Waals surface area (Å²) in [6.45, 7) is 0. The highest BCUT2D eigenvalue weighted by molar-refractivity contribution is 7.07. The van der Waals surface area contributed by atoms with Gasteiger partial charge in [-0.15, -0.1) is 21.5 Å². The normalized spacial score (nSPS) is 10.5. The number of hydrogen-bond donors (Lipinski definition) is 3. The fourth-order valence-electron chi connectivity index (χ4n) is 2.34. The number of amides is 1. The van der Waals surface area contributed by atoms with Gasteiger partial charge in [0.05, 0.1) is 5.51 Å². The zero-order chi connectivity index (χ0) is 17.8. The van der Waals surface area contributed by atoms with Crippen molar-refractivity contribution in [3.05, 3.63) is 71.2 Å². The first-order valence-electron chi connectivity index (χ1n) is 7.83. The van der Waals surface area contributed by atoms with Gasteiger partial charge in [0.15, 0.2) is 5.82 Å². The van der Waals surface area contributed by atoms with Crippen molar-refractivity contribution in [2.75, 3.05) is 10.6 Å². The Kier molecular flexibility index (Phi) is 4.40.